The van der Waals surface area contributed by atoms with Crippen LogP contribution in [0.25, 0.3) is 11.1 Å². The monoisotopic (exact) mass is 285 g/mol. The lowest BCUT2D eigenvalue weighted by Gasteiger charge is -2.08. The molecular weight excluding hydrogens is 278 g/mol. The average Bonchev–Trinajstić information content (AvgIpc) is 2.46. The summed E-state index contributed by atoms with van der Waals surface area (Å²) in [5.74, 6) is -2.89. The third kappa shape index (κ3) is 3.03. The number of hydrogen-bond acceptors (Lipinski definition) is 6. The molecule has 106 valence electrons. The van der Waals surface area contributed by atoms with E-state index in [1.54, 1.807) is 0 Å². The van der Waals surface area contributed by atoms with E-state index in [2.05, 4.69) is 0 Å². The molecule has 21 heavy (non-hydrogen) atoms. The van der Waals surface area contributed by atoms with Gasteiger partial charge in [-0.15, -0.1) is 0 Å². The van der Waals surface area contributed by atoms with Gasteiger partial charge in [-0.1, -0.05) is 24.3 Å². The Bertz CT molecular complexity index is 703. The van der Waals surface area contributed by atoms with E-state index in [-0.39, 0.29) is 16.7 Å². The number of benzene rings is 2. The highest BCUT2D eigenvalue weighted by Crippen LogP contribution is 2.26. The van der Waals surface area contributed by atoms with Crippen LogP contribution < -0.4 is 10.2 Å². The Labute approximate surface area is 118 Å². The highest BCUT2D eigenvalue weighted by molar-refractivity contribution is 5.90. The number of nitrogens with zero attached hydrogens (tertiary/aromatic N) is 1. The van der Waals surface area contributed by atoms with Crippen molar-refractivity contribution in [2.24, 2.45) is 0 Å². The Kier molecular flexibility index (Phi) is 3.66. The molecule has 0 aliphatic rings. The Morgan fingerprint density at radius 1 is 0.810 bits per heavy atom. The summed E-state index contributed by atoms with van der Waals surface area (Å²) in [7, 11) is 0. The van der Waals surface area contributed by atoms with Crippen molar-refractivity contribution in [2.75, 3.05) is 0 Å². The number of hydrogen-bond donors (Lipinski definition) is 0. The standard InChI is InChI=1S/C14H9NO6/c16-13(17)9-3-1-8(2-4-9)10-5-11(14(18)19)7-12(6-10)15(20)21/h1-7H,(H,16,17)(H,18,19)/p-2. The quantitative estimate of drug-likeness (QED) is 0.574. The zero-order chi connectivity index (χ0) is 15.6. The maximum atomic E-state index is 10.9. The lowest BCUT2D eigenvalue weighted by molar-refractivity contribution is -0.384. The third-order valence-corrected chi connectivity index (χ3v) is 2.82. The first kappa shape index (κ1) is 14.2. The van der Waals surface area contributed by atoms with Crippen molar-refractivity contribution in [3.63, 3.8) is 0 Å². The summed E-state index contributed by atoms with van der Waals surface area (Å²) in [6, 6.07) is 8.65. The third-order valence-electron chi connectivity index (χ3n) is 2.82. The van der Waals surface area contributed by atoms with Crippen LogP contribution in [0.3, 0.4) is 0 Å². The van der Waals surface area contributed by atoms with Gasteiger partial charge < -0.3 is 19.8 Å². The number of nitro benzene ring substituents is 1. The molecule has 0 saturated heterocycles. The van der Waals surface area contributed by atoms with Gasteiger partial charge >= 0.3 is 0 Å². The van der Waals surface area contributed by atoms with Crippen LogP contribution in [0.4, 0.5) is 5.69 Å². The summed E-state index contributed by atoms with van der Waals surface area (Å²) >= 11 is 0. The second kappa shape index (κ2) is 5.41. The number of carbonyl (C=O) groups excluding carboxylic acids is 2. The van der Waals surface area contributed by atoms with Crippen molar-refractivity contribution in [3.05, 3.63) is 63.7 Å². The van der Waals surface area contributed by atoms with Crippen molar-refractivity contribution in [3.8, 4) is 11.1 Å². The minimum atomic E-state index is -1.54. The minimum Gasteiger partial charge on any atom is -0.545 e. The fourth-order valence-electron chi connectivity index (χ4n) is 1.80. The Morgan fingerprint density at radius 3 is 1.86 bits per heavy atom. The van der Waals surface area contributed by atoms with Gasteiger partial charge in [0.15, 0.2) is 0 Å². The number of nitro groups is 1. The maximum absolute atomic E-state index is 10.9. The number of non-ortho nitro benzene ring substituents is 1. The molecule has 0 radical (unpaired) electrons. The van der Waals surface area contributed by atoms with Crippen molar-refractivity contribution >= 4 is 17.6 Å². The van der Waals surface area contributed by atoms with Crippen LogP contribution in [-0.4, -0.2) is 16.9 Å². The second-order valence-corrected chi connectivity index (χ2v) is 4.18. The topological polar surface area (TPSA) is 123 Å². The second-order valence-electron chi connectivity index (χ2n) is 4.18. The molecule has 0 unspecified atom stereocenters. The predicted molar refractivity (Wildman–Crippen MR) is 67.2 cm³/mol. The van der Waals surface area contributed by atoms with Crippen molar-refractivity contribution in [1.29, 1.82) is 0 Å². The van der Waals surface area contributed by atoms with Crippen LogP contribution in [0.1, 0.15) is 20.7 Å². The molecule has 0 amide bonds. The van der Waals surface area contributed by atoms with Gasteiger partial charge in [-0.05, 0) is 22.8 Å². The SMILES string of the molecule is O=C([O-])c1ccc(-c2cc(C(=O)[O-])cc([N+](=O)[O-])c2)cc1. The van der Waals surface area contributed by atoms with Crippen LogP contribution in [0.15, 0.2) is 42.5 Å². The number of aromatic carboxylic acids is 2. The molecule has 0 aliphatic carbocycles. The molecule has 2 aromatic rings. The Morgan fingerprint density at radius 2 is 1.38 bits per heavy atom. The van der Waals surface area contributed by atoms with Crippen molar-refractivity contribution in [1.82, 2.24) is 0 Å². The Hall–Kier alpha value is -3.22. The van der Waals surface area contributed by atoms with E-state index >= 15 is 0 Å². The molecule has 0 heterocycles. The number of carboxylic acid groups (broad SMARTS) is 2. The summed E-state index contributed by atoms with van der Waals surface area (Å²) in [6.07, 6.45) is 0. The zero-order valence-electron chi connectivity index (χ0n) is 10.4. The summed E-state index contributed by atoms with van der Waals surface area (Å²) in [5.41, 5.74) is -0.0670. The molecule has 0 spiro atoms. The average molecular weight is 285 g/mol. The van der Waals surface area contributed by atoms with E-state index in [0.29, 0.717) is 5.56 Å². The molecule has 2 aromatic carbocycles. The minimum absolute atomic E-state index is 0.0516. The van der Waals surface area contributed by atoms with E-state index in [0.717, 1.165) is 6.07 Å². The largest absolute Gasteiger partial charge is 0.545 e. The van der Waals surface area contributed by atoms with Gasteiger partial charge in [0, 0.05) is 17.7 Å². The van der Waals surface area contributed by atoms with E-state index in [1.807, 2.05) is 0 Å². The molecule has 0 saturated carbocycles. The summed E-state index contributed by atoms with van der Waals surface area (Å²) in [4.78, 5) is 31.6. The van der Waals surface area contributed by atoms with Gasteiger partial charge in [-0.3, -0.25) is 10.1 Å². The predicted octanol–water partition coefficient (Wildman–Crippen LogP) is -0.0112. The van der Waals surface area contributed by atoms with Crippen molar-refractivity contribution in [2.45, 2.75) is 0 Å². The van der Waals surface area contributed by atoms with Crippen LogP contribution >= 0.6 is 0 Å². The van der Waals surface area contributed by atoms with Crippen LogP contribution in [0.5, 0.6) is 0 Å². The molecule has 0 fully saturated rings. The molecule has 0 aromatic heterocycles. The number of rotatable bonds is 4. The number of carboxylic acids is 2. The van der Waals surface area contributed by atoms with Crippen molar-refractivity contribution < 1.29 is 24.7 Å². The molecule has 7 heteroatoms. The van der Waals surface area contributed by atoms with Gasteiger partial charge in [0.2, 0.25) is 0 Å². The molecule has 0 aliphatic heterocycles. The molecule has 0 bridgehead atoms. The zero-order valence-corrected chi connectivity index (χ0v) is 10.4. The number of carbonyl (C=O) groups is 2. The summed E-state index contributed by atoms with van der Waals surface area (Å²) < 4.78 is 0. The van der Waals surface area contributed by atoms with Crippen LogP contribution in [0.2, 0.25) is 0 Å². The first-order valence-electron chi connectivity index (χ1n) is 5.71. The first-order valence-corrected chi connectivity index (χ1v) is 5.71. The smallest absolute Gasteiger partial charge is 0.270 e. The van der Waals surface area contributed by atoms with E-state index < -0.39 is 22.5 Å². The van der Waals surface area contributed by atoms with Gasteiger partial charge in [0.05, 0.1) is 16.9 Å². The van der Waals surface area contributed by atoms with Crippen LogP contribution in [-0.2, 0) is 0 Å². The van der Waals surface area contributed by atoms with Gasteiger partial charge in [-0.2, -0.15) is 0 Å². The van der Waals surface area contributed by atoms with Gasteiger partial charge in [0.25, 0.3) is 5.69 Å². The highest BCUT2D eigenvalue weighted by atomic mass is 16.6. The fraction of sp³-hybridized carbons (Fsp3) is 0. The summed E-state index contributed by atoms with van der Waals surface area (Å²) in [5, 5.41) is 32.3. The summed E-state index contributed by atoms with van der Waals surface area (Å²) in [6.45, 7) is 0. The molecular formula is C14H7NO6-2. The fourth-order valence-corrected chi connectivity index (χ4v) is 1.80. The maximum Gasteiger partial charge on any atom is 0.270 e. The highest BCUT2D eigenvalue weighted by Gasteiger charge is 2.11. The Balaban J connectivity index is 2.54. The van der Waals surface area contributed by atoms with Crippen LogP contribution in [0, 0.1) is 10.1 Å². The van der Waals surface area contributed by atoms with Gasteiger partial charge in [-0.25, -0.2) is 0 Å². The van der Waals surface area contributed by atoms with E-state index in [4.69, 9.17) is 0 Å². The van der Waals surface area contributed by atoms with E-state index in [9.17, 15) is 29.9 Å². The normalized spacial score (nSPS) is 10.1. The molecule has 7 nitrogen and oxygen atoms in total. The molecule has 0 atom stereocenters. The lowest BCUT2D eigenvalue weighted by atomic mass is 10.0. The van der Waals surface area contributed by atoms with Gasteiger partial charge in [0.1, 0.15) is 0 Å². The molecule has 0 N–H and O–H groups in total. The van der Waals surface area contributed by atoms with E-state index in [1.165, 1.54) is 36.4 Å². The first-order chi connectivity index (χ1) is 9.88. The molecule has 2 rings (SSSR count). The lowest BCUT2D eigenvalue weighted by Crippen LogP contribution is -2.22.